The van der Waals surface area contributed by atoms with Crippen LogP contribution < -0.4 is 19.8 Å². The number of aromatic nitrogens is 1. The predicted octanol–water partition coefficient (Wildman–Crippen LogP) is 3.18. The number of nitrogens with zero attached hydrogens (tertiary/aromatic N) is 5. The largest absolute Gasteiger partial charge is 0.463 e. The topological polar surface area (TPSA) is 110 Å². The molecule has 10 nitrogen and oxygen atoms in total. The van der Waals surface area contributed by atoms with Gasteiger partial charge in [-0.25, -0.2) is 9.79 Å². The highest BCUT2D eigenvalue weighted by Crippen LogP contribution is 2.32. The fourth-order valence-electron chi connectivity index (χ4n) is 5.14. The number of piperazine rings is 1. The van der Waals surface area contributed by atoms with Crippen LogP contribution in [-0.4, -0.2) is 66.4 Å². The molecule has 1 aromatic heterocycles. The van der Waals surface area contributed by atoms with Crippen LogP contribution in [0.15, 0.2) is 68.4 Å². The van der Waals surface area contributed by atoms with Gasteiger partial charge in [-0.3, -0.25) is 19.5 Å². The molecule has 2 aliphatic heterocycles. The highest BCUT2D eigenvalue weighted by Gasteiger charge is 2.33. The first-order valence-corrected chi connectivity index (χ1v) is 15.3. The third kappa shape index (κ3) is 5.72. The summed E-state index contributed by atoms with van der Waals surface area (Å²) in [7, 11) is 2.06. The summed E-state index contributed by atoms with van der Waals surface area (Å²) in [5.41, 5.74) is 2.63. The summed E-state index contributed by atoms with van der Waals surface area (Å²) in [5, 5.41) is 11.6. The van der Waals surface area contributed by atoms with Gasteiger partial charge in [0.15, 0.2) is 4.80 Å². The maximum absolute atomic E-state index is 14.1. The number of nitro groups is 1. The van der Waals surface area contributed by atoms with E-state index >= 15 is 0 Å². The monoisotopic (exact) mass is 593 g/mol. The highest BCUT2D eigenvalue weighted by atomic mass is 32.2. The molecule has 0 unspecified atom stereocenters. The first-order valence-electron chi connectivity index (χ1n) is 13.3. The van der Waals surface area contributed by atoms with Crippen molar-refractivity contribution in [3.05, 3.63) is 94.7 Å². The Morgan fingerprint density at radius 2 is 1.90 bits per heavy atom. The second-order valence-corrected chi connectivity index (χ2v) is 11.8. The molecule has 3 aromatic rings. The molecule has 3 heterocycles. The van der Waals surface area contributed by atoms with Crippen LogP contribution in [0.25, 0.3) is 6.08 Å². The van der Waals surface area contributed by atoms with Gasteiger partial charge in [0.1, 0.15) is 0 Å². The van der Waals surface area contributed by atoms with Crippen molar-refractivity contribution in [1.29, 1.82) is 0 Å². The van der Waals surface area contributed by atoms with Crippen LogP contribution in [0.5, 0.6) is 0 Å². The number of anilines is 1. The number of carbonyl (C=O) groups is 1. The van der Waals surface area contributed by atoms with Crippen LogP contribution in [0.4, 0.5) is 11.4 Å². The number of likely N-dealkylation sites (N-methyl/N-ethyl adjacent to an activating group) is 1. The van der Waals surface area contributed by atoms with E-state index in [1.807, 2.05) is 30.5 Å². The van der Waals surface area contributed by atoms with Crippen LogP contribution in [0.3, 0.4) is 0 Å². The van der Waals surface area contributed by atoms with Gasteiger partial charge >= 0.3 is 5.97 Å². The highest BCUT2D eigenvalue weighted by molar-refractivity contribution is 7.98. The van der Waals surface area contributed by atoms with Crippen molar-refractivity contribution >= 4 is 46.5 Å². The van der Waals surface area contributed by atoms with Gasteiger partial charge < -0.3 is 14.5 Å². The zero-order valence-electron chi connectivity index (χ0n) is 23.3. The number of benzene rings is 2. The summed E-state index contributed by atoms with van der Waals surface area (Å²) in [6.07, 6.45) is 3.69. The Morgan fingerprint density at radius 1 is 1.20 bits per heavy atom. The van der Waals surface area contributed by atoms with Crippen LogP contribution >= 0.6 is 23.1 Å². The number of hydrogen-bond donors (Lipinski definition) is 0. The number of rotatable bonds is 7. The average Bonchev–Trinajstić information content (AvgIpc) is 3.26. The summed E-state index contributed by atoms with van der Waals surface area (Å²) in [5.74, 6) is -0.516. The molecule has 0 N–H and O–H groups in total. The molecule has 0 saturated carbocycles. The van der Waals surface area contributed by atoms with Gasteiger partial charge in [-0.15, -0.1) is 11.8 Å². The molecular weight excluding hydrogens is 562 g/mol. The molecule has 2 aliphatic rings. The third-order valence-corrected chi connectivity index (χ3v) is 9.03. The number of esters is 1. The first kappa shape index (κ1) is 28.8. The molecule has 0 radical (unpaired) electrons. The van der Waals surface area contributed by atoms with Crippen LogP contribution in [0.1, 0.15) is 31.0 Å². The van der Waals surface area contributed by atoms with Crippen molar-refractivity contribution in [1.82, 2.24) is 9.47 Å². The van der Waals surface area contributed by atoms with E-state index in [1.165, 1.54) is 28.0 Å². The summed E-state index contributed by atoms with van der Waals surface area (Å²) < 4.78 is 7.29. The molecule has 2 aromatic carbocycles. The number of thioether (sulfide) groups is 1. The number of carbonyl (C=O) groups excluding carboxylic acids is 1. The minimum Gasteiger partial charge on any atom is -0.463 e. The Labute approximate surface area is 245 Å². The van der Waals surface area contributed by atoms with E-state index in [0.29, 0.717) is 26.2 Å². The van der Waals surface area contributed by atoms with Crippen molar-refractivity contribution in [3.8, 4) is 0 Å². The van der Waals surface area contributed by atoms with E-state index in [-0.39, 0.29) is 17.9 Å². The van der Waals surface area contributed by atoms with Crippen molar-refractivity contribution in [3.63, 3.8) is 0 Å². The van der Waals surface area contributed by atoms with Crippen molar-refractivity contribution in [2.45, 2.75) is 24.8 Å². The first-order chi connectivity index (χ1) is 19.7. The van der Waals surface area contributed by atoms with Gasteiger partial charge in [-0.1, -0.05) is 23.5 Å². The molecular formula is C29H31N5O5S2. The number of ether oxygens (including phenoxy) is 1. The van der Waals surface area contributed by atoms with E-state index in [0.717, 1.165) is 42.3 Å². The Bertz CT molecular complexity index is 1700. The molecule has 1 atom stereocenters. The smallest absolute Gasteiger partial charge is 0.338 e. The normalized spacial score (nSPS) is 17.8. The maximum Gasteiger partial charge on any atom is 0.338 e. The van der Waals surface area contributed by atoms with Gasteiger partial charge in [-0.05, 0) is 57.0 Å². The van der Waals surface area contributed by atoms with Gasteiger partial charge in [0.25, 0.3) is 11.2 Å². The molecule has 5 rings (SSSR count). The number of hydrogen-bond acceptors (Lipinski definition) is 10. The lowest BCUT2D eigenvalue weighted by atomic mass is 9.96. The number of nitro benzene ring substituents is 1. The maximum atomic E-state index is 14.1. The molecule has 214 valence electrons. The second-order valence-electron chi connectivity index (χ2n) is 9.87. The quantitative estimate of drug-likeness (QED) is 0.178. The zero-order valence-corrected chi connectivity index (χ0v) is 25.0. The third-order valence-electron chi connectivity index (χ3n) is 7.30. The Kier molecular flexibility index (Phi) is 8.43. The standard InChI is InChI=1S/C29H31N5O5S2/c1-5-39-28(36)25-18(2)30-29-33(26(25)19-6-9-22(40-4)10-7-19)27(35)24(41-29)17-20-16-21(34(37)38)8-11-23(20)32-14-12-31(3)13-15-32/h6-11,16-17,26H,5,12-15H2,1-4H3/b24-17+/t26-/m1/s1. The number of fused-ring (bicyclic) bond motifs is 1. The minimum absolute atomic E-state index is 0.0471. The molecule has 0 spiro atoms. The molecule has 1 saturated heterocycles. The molecule has 1 fully saturated rings. The van der Waals surface area contributed by atoms with Gasteiger partial charge in [0.05, 0.1) is 33.4 Å². The predicted molar refractivity (Wildman–Crippen MR) is 161 cm³/mol. The summed E-state index contributed by atoms with van der Waals surface area (Å²) in [6, 6.07) is 11.8. The summed E-state index contributed by atoms with van der Waals surface area (Å²) in [6.45, 7) is 6.95. The lowest BCUT2D eigenvalue weighted by Gasteiger charge is -2.34. The van der Waals surface area contributed by atoms with Crippen LogP contribution in [0.2, 0.25) is 0 Å². The molecule has 0 bridgehead atoms. The summed E-state index contributed by atoms with van der Waals surface area (Å²) in [4.78, 5) is 49.0. The number of non-ortho nitro benzene ring substituents is 1. The van der Waals surface area contributed by atoms with Crippen LogP contribution in [-0.2, 0) is 9.53 Å². The Morgan fingerprint density at radius 3 is 2.54 bits per heavy atom. The van der Waals surface area contributed by atoms with Crippen molar-refractivity contribution in [2.24, 2.45) is 4.99 Å². The molecule has 0 amide bonds. The Hall–Kier alpha value is -3.74. The van der Waals surface area contributed by atoms with Crippen LogP contribution in [0, 0.1) is 10.1 Å². The van der Waals surface area contributed by atoms with Gasteiger partial charge in [0.2, 0.25) is 0 Å². The van der Waals surface area contributed by atoms with E-state index < -0.39 is 16.9 Å². The van der Waals surface area contributed by atoms with E-state index in [2.05, 4.69) is 21.8 Å². The summed E-state index contributed by atoms with van der Waals surface area (Å²) >= 11 is 2.81. The van der Waals surface area contributed by atoms with Gasteiger partial charge in [0, 0.05) is 54.5 Å². The second kappa shape index (κ2) is 12.0. The van der Waals surface area contributed by atoms with Gasteiger partial charge in [-0.2, -0.15) is 0 Å². The van der Waals surface area contributed by atoms with E-state index in [1.54, 1.807) is 37.8 Å². The number of thiazole rings is 1. The van der Waals surface area contributed by atoms with E-state index in [9.17, 15) is 19.7 Å². The van der Waals surface area contributed by atoms with Crippen molar-refractivity contribution in [2.75, 3.05) is 51.0 Å². The lowest BCUT2D eigenvalue weighted by Crippen LogP contribution is -2.44. The molecule has 41 heavy (non-hydrogen) atoms. The molecule has 12 heteroatoms. The number of allylic oxidation sites excluding steroid dienone is 1. The Balaban J connectivity index is 1.69. The zero-order chi connectivity index (χ0) is 29.3. The minimum atomic E-state index is -0.717. The molecule has 0 aliphatic carbocycles. The SMILES string of the molecule is CCOC(=O)C1=C(C)N=c2s/c(=C/c3cc([N+](=O)[O-])ccc3N3CCN(C)CC3)c(=O)n2[C@@H]1c1ccc(SC)cc1. The van der Waals surface area contributed by atoms with Crippen molar-refractivity contribution < 1.29 is 14.5 Å². The fraction of sp³-hybridized carbons (Fsp3) is 0.345. The lowest BCUT2D eigenvalue weighted by molar-refractivity contribution is -0.384. The average molecular weight is 594 g/mol. The van der Waals surface area contributed by atoms with E-state index in [4.69, 9.17) is 4.74 Å². The fourth-order valence-corrected chi connectivity index (χ4v) is 6.59.